The van der Waals surface area contributed by atoms with E-state index in [1.165, 1.54) is 6.42 Å². The smallest absolute Gasteiger partial charge is 0.134 e. The summed E-state index contributed by atoms with van der Waals surface area (Å²) in [5.41, 5.74) is 0. The molecule has 0 spiro atoms. The lowest BCUT2D eigenvalue weighted by Crippen LogP contribution is -2.07. The van der Waals surface area contributed by atoms with Crippen LogP contribution in [0.1, 0.15) is 59.2 Å². The topological polar surface area (TPSA) is 37.8 Å². The zero-order valence-corrected chi connectivity index (χ0v) is 13.7. The number of aromatic nitrogens is 2. The van der Waals surface area contributed by atoms with E-state index in [0.29, 0.717) is 5.92 Å². The molecule has 0 aliphatic rings. The molecule has 0 saturated carbocycles. The van der Waals surface area contributed by atoms with Crippen LogP contribution in [0.5, 0.6) is 0 Å². The zero-order chi connectivity index (χ0) is 14.3. The van der Waals surface area contributed by atoms with Crippen molar-refractivity contribution in [3.05, 3.63) is 11.9 Å². The Morgan fingerprint density at radius 3 is 2.53 bits per heavy atom. The molecular formula is C15H27N3S. The molecule has 1 atom stereocenters. The minimum atomic E-state index is 0.367. The van der Waals surface area contributed by atoms with Gasteiger partial charge in [-0.25, -0.2) is 9.97 Å². The number of hydrogen-bond donors (Lipinski definition) is 1. The van der Waals surface area contributed by atoms with Crippen LogP contribution >= 0.6 is 11.8 Å². The Bertz CT molecular complexity index is 380. The number of anilines is 1. The van der Waals surface area contributed by atoms with E-state index in [1.54, 1.807) is 0 Å². The number of thioether (sulfide) groups is 1. The van der Waals surface area contributed by atoms with Crippen molar-refractivity contribution >= 4 is 17.6 Å². The largest absolute Gasteiger partial charge is 0.370 e. The second kappa shape index (κ2) is 8.41. The van der Waals surface area contributed by atoms with Crippen LogP contribution in [0, 0.1) is 5.92 Å². The van der Waals surface area contributed by atoms with Gasteiger partial charge in [0.25, 0.3) is 0 Å². The van der Waals surface area contributed by atoms with E-state index in [2.05, 4.69) is 56.0 Å². The minimum absolute atomic E-state index is 0.367. The van der Waals surface area contributed by atoms with Gasteiger partial charge in [-0.3, -0.25) is 0 Å². The molecular weight excluding hydrogens is 254 g/mol. The van der Waals surface area contributed by atoms with E-state index in [9.17, 15) is 0 Å². The average Bonchev–Trinajstić information content (AvgIpc) is 2.42. The number of nitrogens with zero attached hydrogens (tertiary/aromatic N) is 2. The van der Waals surface area contributed by atoms with E-state index in [0.717, 1.165) is 41.3 Å². The highest BCUT2D eigenvalue weighted by molar-refractivity contribution is 7.99. The van der Waals surface area contributed by atoms with Gasteiger partial charge in [-0.05, 0) is 12.3 Å². The fourth-order valence-electron chi connectivity index (χ4n) is 1.46. The highest BCUT2D eigenvalue weighted by Gasteiger charge is 2.09. The van der Waals surface area contributed by atoms with Gasteiger partial charge < -0.3 is 5.32 Å². The third-order valence-electron chi connectivity index (χ3n) is 3.01. The summed E-state index contributed by atoms with van der Waals surface area (Å²) in [5, 5.41) is 4.46. The van der Waals surface area contributed by atoms with Crippen molar-refractivity contribution in [3.8, 4) is 0 Å². The van der Waals surface area contributed by atoms with Crippen LogP contribution in [0.25, 0.3) is 0 Å². The Balaban J connectivity index is 2.80. The SMILES string of the molecule is CCCNc1cc(SCC(C)CC)nc(C(C)C)n1. The minimum Gasteiger partial charge on any atom is -0.370 e. The summed E-state index contributed by atoms with van der Waals surface area (Å²) in [5.74, 6) is 4.12. The molecule has 0 aliphatic carbocycles. The van der Waals surface area contributed by atoms with E-state index in [-0.39, 0.29) is 0 Å². The molecule has 0 amide bonds. The number of rotatable bonds is 8. The molecule has 1 heterocycles. The average molecular weight is 281 g/mol. The maximum Gasteiger partial charge on any atom is 0.134 e. The summed E-state index contributed by atoms with van der Waals surface area (Å²) in [6, 6.07) is 2.08. The van der Waals surface area contributed by atoms with Crippen molar-refractivity contribution in [1.29, 1.82) is 0 Å². The Morgan fingerprint density at radius 1 is 1.21 bits per heavy atom. The first-order valence-corrected chi connectivity index (χ1v) is 8.31. The Morgan fingerprint density at radius 2 is 1.95 bits per heavy atom. The third kappa shape index (κ3) is 5.81. The summed E-state index contributed by atoms with van der Waals surface area (Å²) in [4.78, 5) is 9.24. The molecule has 1 aromatic heterocycles. The molecule has 1 unspecified atom stereocenters. The molecule has 108 valence electrons. The van der Waals surface area contributed by atoms with Crippen molar-refractivity contribution in [2.24, 2.45) is 5.92 Å². The zero-order valence-electron chi connectivity index (χ0n) is 12.9. The first kappa shape index (κ1) is 16.3. The van der Waals surface area contributed by atoms with Gasteiger partial charge in [0.2, 0.25) is 0 Å². The summed E-state index contributed by atoms with van der Waals surface area (Å²) >= 11 is 1.84. The van der Waals surface area contributed by atoms with Crippen molar-refractivity contribution < 1.29 is 0 Å². The lowest BCUT2D eigenvalue weighted by Gasteiger charge is -2.12. The molecule has 0 radical (unpaired) electrons. The van der Waals surface area contributed by atoms with Gasteiger partial charge in [0.05, 0.1) is 0 Å². The highest BCUT2D eigenvalue weighted by atomic mass is 32.2. The number of hydrogen-bond acceptors (Lipinski definition) is 4. The van der Waals surface area contributed by atoms with Crippen LogP contribution in [0.15, 0.2) is 11.1 Å². The van der Waals surface area contributed by atoms with Gasteiger partial charge in [0, 0.05) is 24.3 Å². The van der Waals surface area contributed by atoms with Crippen molar-refractivity contribution in [3.63, 3.8) is 0 Å². The van der Waals surface area contributed by atoms with Crippen molar-refractivity contribution in [2.45, 2.75) is 58.4 Å². The lowest BCUT2D eigenvalue weighted by atomic mass is 10.2. The molecule has 1 N–H and O–H groups in total. The van der Waals surface area contributed by atoms with Crippen LogP contribution < -0.4 is 5.32 Å². The molecule has 1 rings (SSSR count). The molecule has 1 aromatic rings. The summed E-state index contributed by atoms with van der Waals surface area (Å²) < 4.78 is 0. The first-order chi connectivity index (χ1) is 9.06. The quantitative estimate of drug-likeness (QED) is 0.560. The van der Waals surface area contributed by atoms with Crippen LogP contribution in [0.4, 0.5) is 5.82 Å². The van der Waals surface area contributed by atoms with Crippen LogP contribution in [-0.4, -0.2) is 22.3 Å². The van der Waals surface area contributed by atoms with Crippen molar-refractivity contribution in [2.75, 3.05) is 17.6 Å². The molecule has 0 bridgehead atoms. The summed E-state index contributed by atoms with van der Waals surface area (Å²) in [7, 11) is 0. The lowest BCUT2D eigenvalue weighted by molar-refractivity contribution is 0.636. The molecule has 3 nitrogen and oxygen atoms in total. The third-order valence-corrected chi connectivity index (χ3v) is 4.25. The van der Waals surface area contributed by atoms with Crippen LogP contribution in [-0.2, 0) is 0 Å². The van der Waals surface area contributed by atoms with Gasteiger partial charge in [0.15, 0.2) is 0 Å². The first-order valence-electron chi connectivity index (χ1n) is 7.32. The van der Waals surface area contributed by atoms with E-state index >= 15 is 0 Å². The fourth-order valence-corrected chi connectivity index (χ4v) is 2.51. The van der Waals surface area contributed by atoms with Crippen LogP contribution in [0.2, 0.25) is 0 Å². The normalized spacial score (nSPS) is 12.7. The number of nitrogens with one attached hydrogen (secondary N) is 1. The predicted molar refractivity (Wildman–Crippen MR) is 85.1 cm³/mol. The molecule has 4 heteroatoms. The second-order valence-corrected chi connectivity index (χ2v) is 6.40. The molecule has 0 saturated heterocycles. The fraction of sp³-hybridized carbons (Fsp3) is 0.733. The maximum atomic E-state index is 4.66. The molecule has 0 aromatic carbocycles. The van der Waals surface area contributed by atoms with Gasteiger partial charge in [0.1, 0.15) is 16.7 Å². The van der Waals surface area contributed by atoms with E-state index in [4.69, 9.17) is 0 Å². The summed E-state index contributed by atoms with van der Waals surface area (Å²) in [6.45, 7) is 11.9. The monoisotopic (exact) mass is 281 g/mol. The summed E-state index contributed by atoms with van der Waals surface area (Å²) in [6.07, 6.45) is 2.33. The van der Waals surface area contributed by atoms with Crippen LogP contribution in [0.3, 0.4) is 0 Å². The van der Waals surface area contributed by atoms with E-state index < -0.39 is 0 Å². The molecule has 19 heavy (non-hydrogen) atoms. The van der Waals surface area contributed by atoms with Gasteiger partial charge in [-0.15, -0.1) is 11.8 Å². The van der Waals surface area contributed by atoms with Gasteiger partial charge in [-0.1, -0.05) is 41.0 Å². The Kier molecular flexibility index (Phi) is 7.21. The predicted octanol–water partition coefficient (Wildman–Crippen LogP) is 4.56. The standard InChI is InChI=1S/C15H27N3S/c1-6-8-16-13-9-14(19-10-12(5)7-2)18-15(17-13)11(3)4/h9,11-12H,6-8,10H2,1-5H3,(H,16,17,18). The van der Waals surface area contributed by atoms with Crippen molar-refractivity contribution in [1.82, 2.24) is 9.97 Å². The second-order valence-electron chi connectivity index (χ2n) is 5.36. The van der Waals surface area contributed by atoms with E-state index in [1.807, 2.05) is 11.8 Å². The molecule has 0 aliphatic heterocycles. The highest BCUT2D eigenvalue weighted by Crippen LogP contribution is 2.24. The maximum absolute atomic E-state index is 4.66. The Labute approximate surface area is 122 Å². The molecule has 0 fully saturated rings. The van der Waals surface area contributed by atoms with Gasteiger partial charge in [-0.2, -0.15) is 0 Å². The van der Waals surface area contributed by atoms with Gasteiger partial charge >= 0.3 is 0 Å². The Hall–Kier alpha value is -0.770.